The van der Waals surface area contributed by atoms with Crippen LogP contribution in [0.4, 0.5) is 0 Å². The first kappa shape index (κ1) is 17.0. The van der Waals surface area contributed by atoms with Crippen LogP contribution < -0.4 is 14.2 Å². The zero-order valence-corrected chi connectivity index (χ0v) is 16.3. The normalized spacial score (nSPS) is 16.3. The number of aromatic nitrogens is 1. The monoisotopic (exact) mass is 415 g/mol. The van der Waals surface area contributed by atoms with Crippen LogP contribution in [0.25, 0.3) is 10.9 Å². The molecular weight excluding hydrogens is 398 g/mol. The number of hydrogen-bond acceptors (Lipinski definition) is 4. The van der Waals surface area contributed by atoms with Crippen molar-refractivity contribution < 1.29 is 19.0 Å². The Kier molecular flexibility index (Phi) is 4.15. The zero-order valence-electron chi connectivity index (χ0n) is 14.7. The van der Waals surface area contributed by atoms with Crippen LogP contribution in [0.2, 0.25) is 0 Å². The molecule has 0 saturated carbocycles. The molecular formula is C20H18BrNO4. The van der Waals surface area contributed by atoms with Crippen molar-refractivity contribution in [3.05, 3.63) is 52.1 Å². The van der Waals surface area contributed by atoms with Crippen molar-refractivity contribution >= 4 is 32.8 Å². The Labute approximate surface area is 159 Å². The molecule has 1 aromatic heterocycles. The highest BCUT2D eigenvalue weighted by Gasteiger charge is 2.31. The van der Waals surface area contributed by atoms with Crippen LogP contribution in [0.1, 0.15) is 23.5 Å². The number of aryl methyl sites for hydroxylation is 1. The van der Waals surface area contributed by atoms with Crippen molar-refractivity contribution in [2.75, 3.05) is 14.2 Å². The van der Waals surface area contributed by atoms with Crippen LogP contribution in [0, 0.1) is 0 Å². The fraction of sp³-hybridized carbons (Fsp3) is 0.250. The largest absolute Gasteiger partial charge is 0.493 e. The summed E-state index contributed by atoms with van der Waals surface area (Å²) in [6, 6.07) is 9.99. The lowest BCUT2D eigenvalue weighted by Crippen LogP contribution is -2.21. The van der Waals surface area contributed by atoms with Gasteiger partial charge >= 0.3 is 5.97 Å². The van der Waals surface area contributed by atoms with Gasteiger partial charge in [0.2, 0.25) is 0 Å². The van der Waals surface area contributed by atoms with E-state index in [2.05, 4.69) is 22.0 Å². The maximum atomic E-state index is 12.3. The second-order valence-corrected chi connectivity index (χ2v) is 7.17. The van der Waals surface area contributed by atoms with Gasteiger partial charge in [0.15, 0.2) is 11.5 Å². The number of fused-ring (bicyclic) bond motifs is 3. The van der Waals surface area contributed by atoms with Gasteiger partial charge in [-0.25, -0.2) is 0 Å². The molecule has 0 radical (unpaired) electrons. The molecule has 0 aliphatic carbocycles. The lowest BCUT2D eigenvalue weighted by molar-refractivity contribution is -0.135. The first-order valence-electron chi connectivity index (χ1n) is 8.23. The van der Waals surface area contributed by atoms with Gasteiger partial charge in [0, 0.05) is 30.1 Å². The molecule has 2 heterocycles. The lowest BCUT2D eigenvalue weighted by Gasteiger charge is -2.26. The quantitative estimate of drug-likeness (QED) is 0.469. The molecule has 0 saturated heterocycles. The Balaban J connectivity index is 1.91. The molecule has 0 amide bonds. The van der Waals surface area contributed by atoms with Crippen molar-refractivity contribution in [1.29, 1.82) is 0 Å². The summed E-state index contributed by atoms with van der Waals surface area (Å²) in [7, 11) is 5.18. The standard InChI is InChI=1S/C20H18BrNO4/c1-22-7-6-13-16(22)5-4-12-14(10-18(23)26-19(12)13)11-8-15(21)20(25-3)17(9-11)24-2/h4-9,14H,10H2,1-3H3. The maximum Gasteiger partial charge on any atom is 0.312 e. The number of ether oxygens (including phenoxy) is 3. The van der Waals surface area contributed by atoms with E-state index in [9.17, 15) is 4.79 Å². The van der Waals surface area contributed by atoms with Crippen LogP contribution in [-0.2, 0) is 11.8 Å². The SMILES string of the molecule is COc1cc(C2CC(=O)Oc3c2ccc2c3ccn2C)cc(Br)c1OC. The topological polar surface area (TPSA) is 49.7 Å². The molecule has 26 heavy (non-hydrogen) atoms. The van der Waals surface area contributed by atoms with E-state index in [-0.39, 0.29) is 18.3 Å². The van der Waals surface area contributed by atoms with Gasteiger partial charge in [0.25, 0.3) is 0 Å². The summed E-state index contributed by atoms with van der Waals surface area (Å²) in [6.45, 7) is 0. The molecule has 0 spiro atoms. The average Bonchev–Trinajstić information content (AvgIpc) is 3.01. The molecule has 0 bridgehead atoms. The summed E-state index contributed by atoms with van der Waals surface area (Å²) >= 11 is 3.54. The second-order valence-electron chi connectivity index (χ2n) is 6.31. The number of carbonyl (C=O) groups is 1. The van der Waals surface area contributed by atoms with Crippen LogP contribution in [0.5, 0.6) is 17.2 Å². The summed E-state index contributed by atoms with van der Waals surface area (Å²) in [5.74, 6) is 1.57. The number of nitrogens with zero attached hydrogens (tertiary/aromatic N) is 1. The highest BCUT2D eigenvalue weighted by molar-refractivity contribution is 9.10. The summed E-state index contributed by atoms with van der Waals surface area (Å²) < 4.78 is 19.3. The highest BCUT2D eigenvalue weighted by Crippen LogP contribution is 2.46. The van der Waals surface area contributed by atoms with Crippen molar-refractivity contribution in [3.8, 4) is 17.2 Å². The third-order valence-electron chi connectivity index (χ3n) is 4.87. The van der Waals surface area contributed by atoms with Crippen LogP contribution in [0.3, 0.4) is 0 Å². The van der Waals surface area contributed by atoms with E-state index in [1.807, 2.05) is 42.1 Å². The van der Waals surface area contributed by atoms with Crippen LogP contribution in [0.15, 0.2) is 41.0 Å². The van der Waals surface area contributed by atoms with E-state index < -0.39 is 0 Å². The minimum absolute atomic E-state index is 0.105. The Bertz CT molecular complexity index is 1020. The van der Waals surface area contributed by atoms with E-state index in [1.165, 1.54) is 0 Å². The van der Waals surface area contributed by atoms with Gasteiger partial charge in [0.1, 0.15) is 5.75 Å². The molecule has 1 unspecified atom stereocenters. The molecule has 0 N–H and O–H groups in total. The number of hydrogen-bond donors (Lipinski definition) is 0. The summed E-state index contributed by atoms with van der Waals surface area (Å²) in [5.41, 5.74) is 3.01. The van der Waals surface area contributed by atoms with Crippen molar-refractivity contribution in [2.45, 2.75) is 12.3 Å². The zero-order chi connectivity index (χ0) is 18.4. The van der Waals surface area contributed by atoms with E-state index in [0.29, 0.717) is 17.2 Å². The third-order valence-corrected chi connectivity index (χ3v) is 5.46. The minimum Gasteiger partial charge on any atom is -0.493 e. The first-order valence-corrected chi connectivity index (χ1v) is 9.02. The van der Waals surface area contributed by atoms with Gasteiger partial charge in [-0.05, 0) is 45.8 Å². The van der Waals surface area contributed by atoms with E-state index in [4.69, 9.17) is 14.2 Å². The van der Waals surface area contributed by atoms with E-state index in [0.717, 1.165) is 26.5 Å². The number of benzene rings is 2. The fourth-order valence-corrected chi connectivity index (χ4v) is 4.22. The smallest absolute Gasteiger partial charge is 0.312 e. The van der Waals surface area contributed by atoms with E-state index in [1.54, 1.807) is 14.2 Å². The van der Waals surface area contributed by atoms with Crippen LogP contribution in [-0.4, -0.2) is 24.8 Å². The molecule has 3 aromatic rings. The fourth-order valence-electron chi connectivity index (χ4n) is 3.60. The molecule has 0 fully saturated rings. The lowest BCUT2D eigenvalue weighted by atomic mass is 9.85. The molecule has 1 aliphatic heterocycles. The minimum atomic E-state index is -0.232. The number of methoxy groups -OCH3 is 2. The maximum absolute atomic E-state index is 12.3. The average molecular weight is 416 g/mol. The molecule has 5 nitrogen and oxygen atoms in total. The Morgan fingerprint density at radius 2 is 2.00 bits per heavy atom. The predicted octanol–water partition coefficient (Wildman–Crippen LogP) is 4.40. The van der Waals surface area contributed by atoms with Gasteiger partial charge in [-0.2, -0.15) is 0 Å². The molecule has 1 aliphatic rings. The second kappa shape index (κ2) is 6.36. The molecule has 2 aromatic carbocycles. The van der Waals surface area contributed by atoms with Gasteiger partial charge in [0.05, 0.1) is 30.6 Å². The van der Waals surface area contributed by atoms with Gasteiger partial charge in [-0.3, -0.25) is 4.79 Å². The van der Waals surface area contributed by atoms with Crippen molar-refractivity contribution in [2.24, 2.45) is 7.05 Å². The highest BCUT2D eigenvalue weighted by atomic mass is 79.9. The van der Waals surface area contributed by atoms with E-state index >= 15 is 0 Å². The third kappa shape index (κ3) is 2.56. The Hall–Kier alpha value is -2.47. The van der Waals surface area contributed by atoms with Gasteiger partial charge in [-0.15, -0.1) is 0 Å². The number of carbonyl (C=O) groups excluding carboxylic acids is 1. The molecule has 1 atom stereocenters. The Morgan fingerprint density at radius 1 is 1.19 bits per heavy atom. The number of esters is 1. The van der Waals surface area contributed by atoms with Crippen LogP contribution >= 0.6 is 15.9 Å². The number of halogens is 1. The van der Waals surface area contributed by atoms with Gasteiger partial charge < -0.3 is 18.8 Å². The summed E-state index contributed by atoms with van der Waals surface area (Å²) in [6.07, 6.45) is 2.25. The molecule has 134 valence electrons. The summed E-state index contributed by atoms with van der Waals surface area (Å²) in [5, 5.41) is 0.947. The predicted molar refractivity (Wildman–Crippen MR) is 102 cm³/mol. The number of rotatable bonds is 3. The van der Waals surface area contributed by atoms with Gasteiger partial charge in [-0.1, -0.05) is 6.07 Å². The summed E-state index contributed by atoms with van der Waals surface area (Å²) in [4.78, 5) is 12.3. The molecule has 4 rings (SSSR count). The van der Waals surface area contributed by atoms with Crippen molar-refractivity contribution in [1.82, 2.24) is 4.57 Å². The first-order chi connectivity index (χ1) is 12.5. The Morgan fingerprint density at radius 3 is 2.73 bits per heavy atom. The molecule has 6 heteroatoms. The van der Waals surface area contributed by atoms with Crippen molar-refractivity contribution in [3.63, 3.8) is 0 Å².